The standard InChI is InChI=1S/C9H8O7/c10-6(1-2-7(11)12)5-16-9(15)4-3-8(13)14/h1-4H,5H2,(H,11,12)(H,13,14)/b2-1-,4-3-. The van der Waals surface area contributed by atoms with E-state index in [1.54, 1.807) is 0 Å². The van der Waals surface area contributed by atoms with Gasteiger partial charge >= 0.3 is 17.9 Å². The molecule has 0 bridgehead atoms. The molecule has 7 heteroatoms. The first-order valence-corrected chi connectivity index (χ1v) is 3.93. The minimum atomic E-state index is -1.32. The van der Waals surface area contributed by atoms with E-state index < -0.39 is 30.3 Å². The third-order valence-electron chi connectivity index (χ3n) is 1.13. The SMILES string of the molecule is O=C(O)/C=C\C(=O)COC(=O)/C=C\C(=O)O. The lowest BCUT2D eigenvalue weighted by Gasteiger charge is -1.96. The second kappa shape index (κ2) is 6.93. The van der Waals surface area contributed by atoms with E-state index in [9.17, 15) is 19.2 Å². The topological polar surface area (TPSA) is 118 Å². The van der Waals surface area contributed by atoms with Crippen LogP contribution < -0.4 is 0 Å². The van der Waals surface area contributed by atoms with Crippen LogP contribution in [0.4, 0.5) is 0 Å². The predicted molar refractivity (Wildman–Crippen MR) is 49.5 cm³/mol. The average Bonchev–Trinajstić information content (AvgIpc) is 2.20. The molecule has 0 aliphatic heterocycles. The number of esters is 1. The summed E-state index contributed by atoms with van der Waals surface area (Å²) in [6, 6.07) is 0. The molecular weight excluding hydrogens is 220 g/mol. The van der Waals surface area contributed by atoms with Gasteiger partial charge in [-0.3, -0.25) is 4.79 Å². The van der Waals surface area contributed by atoms with E-state index in [1.807, 2.05) is 0 Å². The van der Waals surface area contributed by atoms with Gasteiger partial charge in [-0.25, -0.2) is 14.4 Å². The molecule has 0 atom stereocenters. The number of rotatable bonds is 6. The summed E-state index contributed by atoms with van der Waals surface area (Å²) >= 11 is 0. The van der Waals surface area contributed by atoms with Crippen molar-refractivity contribution in [3.63, 3.8) is 0 Å². The van der Waals surface area contributed by atoms with Crippen LogP contribution in [0.3, 0.4) is 0 Å². The highest BCUT2D eigenvalue weighted by atomic mass is 16.5. The number of aliphatic carboxylic acids is 2. The van der Waals surface area contributed by atoms with Crippen molar-refractivity contribution in [2.45, 2.75) is 0 Å². The number of carboxylic acid groups (broad SMARTS) is 2. The van der Waals surface area contributed by atoms with Crippen molar-refractivity contribution in [2.24, 2.45) is 0 Å². The van der Waals surface area contributed by atoms with E-state index in [2.05, 4.69) is 4.74 Å². The number of hydrogen-bond acceptors (Lipinski definition) is 5. The number of carbonyl (C=O) groups excluding carboxylic acids is 2. The van der Waals surface area contributed by atoms with Gasteiger partial charge in [0.2, 0.25) is 0 Å². The summed E-state index contributed by atoms with van der Waals surface area (Å²) in [4.78, 5) is 41.5. The van der Waals surface area contributed by atoms with Crippen LogP contribution in [-0.4, -0.2) is 40.5 Å². The molecule has 0 fully saturated rings. The van der Waals surface area contributed by atoms with Gasteiger partial charge in [0, 0.05) is 18.2 Å². The molecule has 0 aromatic rings. The van der Waals surface area contributed by atoms with E-state index in [0.29, 0.717) is 18.2 Å². The largest absolute Gasteiger partial charge is 0.478 e. The van der Waals surface area contributed by atoms with Gasteiger partial charge in [0.25, 0.3) is 0 Å². The second-order valence-electron chi connectivity index (χ2n) is 2.42. The third-order valence-corrected chi connectivity index (χ3v) is 1.13. The highest BCUT2D eigenvalue weighted by Crippen LogP contribution is 1.85. The van der Waals surface area contributed by atoms with Crippen molar-refractivity contribution in [2.75, 3.05) is 6.61 Å². The molecule has 0 rings (SSSR count). The van der Waals surface area contributed by atoms with E-state index in [0.717, 1.165) is 6.08 Å². The lowest BCUT2D eigenvalue weighted by molar-refractivity contribution is -0.142. The van der Waals surface area contributed by atoms with Crippen molar-refractivity contribution in [3.8, 4) is 0 Å². The Hall–Kier alpha value is -2.44. The van der Waals surface area contributed by atoms with E-state index in [1.165, 1.54) is 0 Å². The summed E-state index contributed by atoms with van der Waals surface area (Å²) in [7, 11) is 0. The highest BCUT2D eigenvalue weighted by Gasteiger charge is 2.02. The normalized spacial score (nSPS) is 10.5. The van der Waals surface area contributed by atoms with E-state index in [-0.39, 0.29) is 0 Å². The number of hydrogen-bond donors (Lipinski definition) is 2. The van der Waals surface area contributed by atoms with Crippen molar-refractivity contribution < 1.29 is 34.1 Å². The Balaban J connectivity index is 3.97. The summed E-state index contributed by atoms with van der Waals surface area (Å²) in [5.74, 6) is -4.35. The average molecular weight is 228 g/mol. The molecule has 86 valence electrons. The van der Waals surface area contributed by atoms with Crippen LogP contribution in [0, 0.1) is 0 Å². The Kier molecular flexibility index (Phi) is 5.88. The van der Waals surface area contributed by atoms with Gasteiger partial charge in [-0.15, -0.1) is 0 Å². The zero-order valence-corrected chi connectivity index (χ0v) is 7.95. The molecule has 0 spiro atoms. The van der Waals surface area contributed by atoms with E-state index in [4.69, 9.17) is 10.2 Å². The second-order valence-corrected chi connectivity index (χ2v) is 2.42. The molecule has 0 amide bonds. The number of ketones is 1. The van der Waals surface area contributed by atoms with Crippen molar-refractivity contribution in [3.05, 3.63) is 24.3 Å². The molecule has 0 aromatic heterocycles. The van der Waals surface area contributed by atoms with Crippen LogP contribution in [0.1, 0.15) is 0 Å². The van der Waals surface area contributed by atoms with Crippen LogP contribution >= 0.6 is 0 Å². The fraction of sp³-hybridized carbons (Fsp3) is 0.111. The molecule has 7 nitrogen and oxygen atoms in total. The van der Waals surface area contributed by atoms with Gasteiger partial charge in [0.05, 0.1) is 0 Å². The summed E-state index contributed by atoms with van der Waals surface area (Å²) < 4.78 is 4.30. The van der Waals surface area contributed by atoms with Gasteiger partial charge < -0.3 is 14.9 Å². The Morgan fingerprint density at radius 3 is 1.88 bits per heavy atom. The zero-order chi connectivity index (χ0) is 12.6. The minimum absolute atomic E-state index is 0.555. The summed E-state index contributed by atoms with van der Waals surface area (Å²) in [6.45, 7) is -0.646. The van der Waals surface area contributed by atoms with Gasteiger partial charge in [-0.05, 0) is 6.08 Å². The molecule has 0 heterocycles. The molecular formula is C9H8O7. The van der Waals surface area contributed by atoms with Crippen LogP contribution in [0.25, 0.3) is 0 Å². The maximum absolute atomic E-state index is 10.8. The van der Waals surface area contributed by atoms with Crippen LogP contribution in [0.5, 0.6) is 0 Å². The molecule has 0 saturated carbocycles. The van der Waals surface area contributed by atoms with Crippen LogP contribution in [0.2, 0.25) is 0 Å². The third kappa shape index (κ3) is 8.17. The first kappa shape index (κ1) is 13.6. The van der Waals surface area contributed by atoms with Gasteiger partial charge in [-0.1, -0.05) is 0 Å². The molecule has 2 N–H and O–H groups in total. The molecule has 16 heavy (non-hydrogen) atoms. The molecule has 0 unspecified atom stereocenters. The minimum Gasteiger partial charge on any atom is -0.478 e. The first-order chi connectivity index (χ1) is 7.41. The summed E-state index contributed by atoms with van der Waals surface area (Å²) in [5, 5.41) is 16.3. The number of carboxylic acids is 2. The fourth-order valence-electron chi connectivity index (χ4n) is 0.542. The molecule has 0 aliphatic carbocycles. The van der Waals surface area contributed by atoms with Crippen LogP contribution in [0.15, 0.2) is 24.3 Å². The lowest BCUT2D eigenvalue weighted by atomic mass is 10.3. The van der Waals surface area contributed by atoms with Gasteiger partial charge in [-0.2, -0.15) is 0 Å². The van der Waals surface area contributed by atoms with Gasteiger partial charge in [0.1, 0.15) is 0 Å². The summed E-state index contributed by atoms with van der Waals surface area (Å²) in [5.41, 5.74) is 0. The smallest absolute Gasteiger partial charge is 0.331 e. The fourth-order valence-corrected chi connectivity index (χ4v) is 0.542. The maximum atomic E-state index is 10.8. The Bertz CT molecular complexity index is 328. The van der Waals surface area contributed by atoms with Crippen molar-refractivity contribution in [1.82, 2.24) is 0 Å². The Morgan fingerprint density at radius 2 is 1.38 bits per heavy atom. The van der Waals surface area contributed by atoms with Crippen molar-refractivity contribution in [1.29, 1.82) is 0 Å². The molecule has 0 aromatic carbocycles. The van der Waals surface area contributed by atoms with Crippen LogP contribution in [-0.2, 0) is 23.9 Å². The Morgan fingerprint density at radius 1 is 0.875 bits per heavy atom. The predicted octanol–water partition coefficient (Wildman–Crippen LogP) is -0.620. The molecule has 0 aliphatic rings. The van der Waals surface area contributed by atoms with Gasteiger partial charge in [0.15, 0.2) is 12.4 Å². The monoisotopic (exact) mass is 228 g/mol. The maximum Gasteiger partial charge on any atom is 0.331 e. The summed E-state index contributed by atoms with van der Waals surface area (Å²) in [6.07, 6.45) is 2.52. The zero-order valence-electron chi connectivity index (χ0n) is 7.95. The quantitative estimate of drug-likeness (QED) is 0.459. The van der Waals surface area contributed by atoms with Crippen molar-refractivity contribution >= 4 is 23.7 Å². The Labute approximate surface area is 89.6 Å². The molecule has 0 radical (unpaired) electrons. The lowest BCUT2D eigenvalue weighted by Crippen LogP contribution is -2.10. The number of ether oxygens (including phenoxy) is 1. The molecule has 0 saturated heterocycles. The first-order valence-electron chi connectivity index (χ1n) is 3.93. The number of carbonyl (C=O) groups is 4. The highest BCUT2D eigenvalue weighted by molar-refractivity contribution is 5.97. The van der Waals surface area contributed by atoms with E-state index >= 15 is 0 Å².